The van der Waals surface area contributed by atoms with Gasteiger partial charge in [0.25, 0.3) is 0 Å². The first kappa shape index (κ1) is 14.8. The molecular formula is C12H22N2O4. The minimum Gasteiger partial charge on any atom is -0.459 e. The van der Waals surface area contributed by atoms with E-state index < -0.39 is 11.6 Å². The molecule has 1 saturated heterocycles. The molecule has 1 unspecified atom stereocenters. The highest BCUT2D eigenvalue weighted by atomic mass is 16.6. The van der Waals surface area contributed by atoms with Crippen LogP contribution < -0.4 is 5.32 Å². The molecule has 1 aliphatic rings. The summed E-state index contributed by atoms with van der Waals surface area (Å²) in [6, 6.07) is -0.484. The standard InChI is InChI=1S/C12H22N2O4/c1-5-17-11(16)14-7-6-13-9(8-14)10(15)18-12(2,3)4/h9,13H,5-8H2,1-4H3. The molecule has 0 aromatic rings. The van der Waals surface area contributed by atoms with Crippen molar-refractivity contribution < 1.29 is 19.1 Å². The third-order valence-corrected chi connectivity index (χ3v) is 2.39. The average molecular weight is 258 g/mol. The van der Waals surface area contributed by atoms with Crippen molar-refractivity contribution in [3.63, 3.8) is 0 Å². The second kappa shape index (κ2) is 6.04. The Kier molecular flexibility index (Phi) is 4.95. The van der Waals surface area contributed by atoms with Gasteiger partial charge in [-0.3, -0.25) is 4.79 Å². The number of hydrogen-bond acceptors (Lipinski definition) is 5. The van der Waals surface area contributed by atoms with E-state index in [1.807, 2.05) is 20.8 Å². The first-order valence-corrected chi connectivity index (χ1v) is 6.21. The molecule has 1 aliphatic heterocycles. The summed E-state index contributed by atoms with van der Waals surface area (Å²) >= 11 is 0. The maximum absolute atomic E-state index is 11.9. The van der Waals surface area contributed by atoms with Crippen molar-refractivity contribution in [3.05, 3.63) is 0 Å². The number of hydrogen-bond donors (Lipinski definition) is 1. The van der Waals surface area contributed by atoms with Gasteiger partial charge in [0.2, 0.25) is 0 Å². The summed E-state index contributed by atoms with van der Waals surface area (Å²) in [5.74, 6) is -0.337. The lowest BCUT2D eigenvalue weighted by Crippen LogP contribution is -2.56. The first-order valence-electron chi connectivity index (χ1n) is 6.21. The van der Waals surface area contributed by atoms with Crippen LogP contribution in [-0.4, -0.2) is 54.8 Å². The molecule has 6 heteroatoms. The van der Waals surface area contributed by atoms with E-state index in [0.717, 1.165) is 0 Å². The van der Waals surface area contributed by atoms with Gasteiger partial charge in [-0.05, 0) is 27.7 Å². The van der Waals surface area contributed by atoms with Gasteiger partial charge >= 0.3 is 12.1 Å². The Morgan fingerprint density at radius 2 is 2.06 bits per heavy atom. The molecule has 1 fully saturated rings. The SMILES string of the molecule is CCOC(=O)N1CCNC(C(=O)OC(C)(C)C)C1. The second-order valence-corrected chi connectivity index (χ2v) is 5.19. The Balaban J connectivity index is 2.53. The van der Waals surface area contributed by atoms with Crippen molar-refractivity contribution in [2.24, 2.45) is 0 Å². The van der Waals surface area contributed by atoms with Gasteiger partial charge in [0.05, 0.1) is 13.2 Å². The van der Waals surface area contributed by atoms with Gasteiger partial charge in [-0.25, -0.2) is 4.79 Å². The van der Waals surface area contributed by atoms with Crippen molar-refractivity contribution in [1.82, 2.24) is 10.2 Å². The Morgan fingerprint density at radius 1 is 1.39 bits per heavy atom. The van der Waals surface area contributed by atoms with E-state index in [2.05, 4.69) is 5.32 Å². The Bertz CT molecular complexity index is 312. The molecule has 0 aromatic carbocycles. The van der Waals surface area contributed by atoms with Crippen LogP contribution in [0.2, 0.25) is 0 Å². The molecule has 1 heterocycles. The zero-order valence-electron chi connectivity index (χ0n) is 11.5. The van der Waals surface area contributed by atoms with Gasteiger partial charge in [0.15, 0.2) is 0 Å². The predicted molar refractivity (Wildman–Crippen MR) is 66.2 cm³/mol. The number of carbonyl (C=O) groups excluding carboxylic acids is 2. The van der Waals surface area contributed by atoms with Gasteiger partial charge in [-0.15, -0.1) is 0 Å². The van der Waals surface area contributed by atoms with Gasteiger partial charge < -0.3 is 19.7 Å². The summed E-state index contributed by atoms with van der Waals surface area (Å²) < 4.78 is 10.2. The van der Waals surface area contributed by atoms with E-state index in [9.17, 15) is 9.59 Å². The summed E-state index contributed by atoms with van der Waals surface area (Å²) in [6.45, 7) is 8.92. The average Bonchev–Trinajstić information content (AvgIpc) is 2.27. The van der Waals surface area contributed by atoms with Crippen molar-refractivity contribution in [1.29, 1.82) is 0 Å². The van der Waals surface area contributed by atoms with Crippen molar-refractivity contribution in [3.8, 4) is 0 Å². The summed E-state index contributed by atoms with van der Waals surface area (Å²) in [4.78, 5) is 25.0. The van der Waals surface area contributed by atoms with Crippen LogP contribution in [0.15, 0.2) is 0 Å². The van der Waals surface area contributed by atoms with E-state index in [0.29, 0.717) is 19.7 Å². The number of nitrogens with one attached hydrogen (secondary N) is 1. The zero-order chi connectivity index (χ0) is 13.8. The molecule has 0 radical (unpaired) electrons. The van der Waals surface area contributed by atoms with Crippen molar-refractivity contribution >= 4 is 12.1 Å². The summed E-state index contributed by atoms with van der Waals surface area (Å²) in [6.07, 6.45) is -0.382. The van der Waals surface area contributed by atoms with E-state index >= 15 is 0 Å². The van der Waals surface area contributed by atoms with E-state index in [1.54, 1.807) is 6.92 Å². The smallest absolute Gasteiger partial charge is 0.409 e. The van der Waals surface area contributed by atoms with Crippen LogP contribution in [0.4, 0.5) is 4.79 Å². The molecule has 6 nitrogen and oxygen atoms in total. The molecule has 104 valence electrons. The fourth-order valence-corrected chi connectivity index (χ4v) is 1.66. The lowest BCUT2D eigenvalue weighted by atomic mass is 10.1. The maximum atomic E-state index is 11.9. The summed E-state index contributed by atoms with van der Waals surface area (Å²) in [5.41, 5.74) is -0.523. The zero-order valence-corrected chi connectivity index (χ0v) is 11.5. The van der Waals surface area contributed by atoms with Crippen LogP contribution in [0.1, 0.15) is 27.7 Å². The van der Waals surface area contributed by atoms with E-state index in [4.69, 9.17) is 9.47 Å². The van der Waals surface area contributed by atoms with Crippen LogP contribution in [0, 0.1) is 0 Å². The number of rotatable bonds is 2. The predicted octanol–water partition coefficient (Wildman–Crippen LogP) is 0.758. The Hall–Kier alpha value is -1.30. The van der Waals surface area contributed by atoms with Crippen molar-refractivity contribution in [2.75, 3.05) is 26.2 Å². The lowest BCUT2D eigenvalue weighted by molar-refractivity contribution is -0.158. The number of amides is 1. The minimum atomic E-state index is -0.523. The second-order valence-electron chi connectivity index (χ2n) is 5.19. The normalized spacial score (nSPS) is 20.4. The first-order chi connectivity index (χ1) is 8.33. The third kappa shape index (κ3) is 4.52. The van der Waals surface area contributed by atoms with Gasteiger partial charge in [-0.2, -0.15) is 0 Å². The maximum Gasteiger partial charge on any atom is 0.409 e. The molecule has 18 heavy (non-hydrogen) atoms. The molecule has 0 spiro atoms. The Labute approximate surface area is 108 Å². The fraction of sp³-hybridized carbons (Fsp3) is 0.833. The number of ether oxygens (including phenoxy) is 2. The molecule has 0 bridgehead atoms. The number of nitrogens with zero attached hydrogens (tertiary/aromatic N) is 1. The molecular weight excluding hydrogens is 236 g/mol. The molecule has 1 amide bonds. The highest BCUT2D eigenvalue weighted by Crippen LogP contribution is 2.11. The quantitative estimate of drug-likeness (QED) is 0.741. The minimum absolute atomic E-state index is 0.285. The van der Waals surface area contributed by atoms with Crippen LogP contribution in [0.3, 0.4) is 0 Å². The van der Waals surface area contributed by atoms with E-state index in [-0.39, 0.29) is 18.6 Å². The monoisotopic (exact) mass is 258 g/mol. The molecule has 0 aliphatic carbocycles. The van der Waals surface area contributed by atoms with Gasteiger partial charge in [0, 0.05) is 13.1 Å². The van der Waals surface area contributed by atoms with Crippen LogP contribution in [-0.2, 0) is 14.3 Å². The molecule has 1 N–H and O–H groups in total. The largest absolute Gasteiger partial charge is 0.459 e. The highest BCUT2D eigenvalue weighted by molar-refractivity contribution is 5.78. The molecule has 0 aromatic heterocycles. The summed E-state index contributed by atoms with van der Waals surface area (Å²) in [5, 5.41) is 3.04. The topological polar surface area (TPSA) is 67.9 Å². The van der Waals surface area contributed by atoms with Crippen LogP contribution in [0.5, 0.6) is 0 Å². The molecule has 0 saturated carbocycles. The van der Waals surface area contributed by atoms with Crippen molar-refractivity contribution in [2.45, 2.75) is 39.3 Å². The van der Waals surface area contributed by atoms with Gasteiger partial charge in [0.1, 0.15) is 11.6 Å². The number of carbonyl (C=O) groups is 2. The van der Waals surface area contributed by atoms with Gasteiger partial charge in [-0.1, -0.05) is 0 Å². The third-order valence-electron chi connectivity index (χ3n) is 2.39. The number of piperazine rings is 1. The molecule has 1 atom stereocenters. The lowest BCUT2D eigenvalue weighted by Gasteiger charge is -2.33. The van der Waals surface area contributed by atoms with E-state index in [1.165, 1.54) is 4.90 Å². The summed E-state index contributed by atoms with van der Waals surface area (Å²) in [7, 11) is 0. The Morgan fingerprint density at radius 3 is 2.61 bits per heavy atom. The molecule has 1 rings (SSSR count). The highest BCUT2D eigenvalue weighted by Gasteiger charge is 2.31. The fourth-order valence-electron chi connectivity index (χ4n) is 1.66. The van der Waals surface area contributed by atoms with Crippen LogP contribution in [0.25, 0.3) is 0 Å². The number of esters is 1. The van der Waals surface area contributed by atoms with Crippen LogP contribution >= 0.6 is 0 Å².